The Hall–Kier alpha value is -3.20. The van der Waals surface area contributed by atoms with Crippen molar-refractivity contribution >= 4 is 28.8 Å². The van der Waals surface area contributed by atoms with Crippen molar-refractivity contribution in [2.45, 2.75) is 50.3 Å². The summed E-state index contributed by atoms with van der Waals surface area (Å²) in [6.45, 7) is 3.82. The first-order chi connectivity index (χ1) is 15.8. The zero-order valence-corrected chi connectivity index (χ0v) is 19.5. The van der Waals surface area contributed by atoms with Crippen LogP contribution in [0.15, 0.2) is 65.6 Å². The van der Waals surface area contributed by atoms with Gasteiger partial charge in [-0.05, 0) is 36.5 Å². The molecule has 0 aromatic heterocycles. The van der Waals surface area contributed by atoms with Crippen molar-refractivity contribution in [1.29, 1.82) is 0 Å². The molecule has 0 aliphatic rings. The van der Waals surface area contributed by atoms with Crippen LogP contribution >= 0.6 is 0 Å². The molecule has 0 saturated carbocycles. The van der Waals surface area contributed by atoms with Crippen LogP contribution in [0.2, 0.25) is 0 Å². The average molecular weight is 475 g/mol. The Labute approximate surface area is 196 Å². The van der Waals surface area contributed by atoms with Crippen LogP contribution < -0.4 is 10.6 Å². The van der Waals surface area contributed by atoms with Crippen molar-refractivity contribution in [2.24, 2.45) is 5.92 Å². The summed E-state index contributed by atoms with van der Waals surface area (Å²) in [5, 5.41) is 14.5. The maximum absolute atomic E-state index is 12.8. The largest absolute Gasteiger partial charge is 0.480 e. The zero-order chi connectivity index (χ0) is 24.2. The molecule has 2 aromatic carbocycles. The van der Waals surface area contributed by atoms with Crippen LogP contribution in [-0.2, 0) is 31.7 Å². The molecule has 0 aliphatic carbocycles. The fourth-order valence-corrected chi connectivity index (χ4v) is 4.20. The SMILES string of the molecule is CC(C)C[C@H](NC(=O)OCc1ccccc1)C(=O)N[C@H](CC[S@@](=O)c1ccccc1)C(=O)O. The molecular weight excluding hydrogens is 444 g/mol. The summed E-state index contributed by atoms with van der Waals surface area (Å²) in [7, 11) is -1.39. The van der Waals surface area contributed by atoms with Crippen LogP contribution in [0, 0.1) is 5.92 Å². The number of benzene rings is 2. The molecule has 0 unspecified atom stereocenters. The predicted octanol–water partition coefficient (Wildman–Crippen LogP) is 3.09. The first kappa shape index (κ1) is 26.1. The fourth-order valence-electron chi connectivity index (χ4n) is 3.05. The maximum Gasteiger partial charge on any atom is 0.408 e. The molecule has 9 heteroatoms. The van der Waals surface area contributed by atoms with Gasteiger partial charge in [0.1, 0.15) is 18.7 Å². The van der Waals surface area contributed by atoms with Gasteiger partial charge in [-0.3, -0.25) is 9.00 Å². The highest BCUT2D eigenvalue weighted by atomic mass is 32.2. The van der Waals surface area contributed by atoms with Crippen LogP contribution in [0.1, 0.15) is 32.3 Å². The van der Waals surface area contributed by atoms with E-state index in [1.54, 1.807) is 30.3 Å². The van der Waals surface area contributed by atoms with Gasteiger partial charge < -0.3 is 20.5 Å². The van der Waals surface area contributed by atoms with E-state index < -0.39 is 40.9 Å². The van der Waals surface area contributed by atoms with Crippen LogP contribution in [0.5, 0.6) is 0 Å². The van der Waals surface area contributed by atoms with Crippen molar-refractivity contribution in [3.05, 3.63) is 66.2 Å². The Morgan fingerprint density at radius 2 is 1.55 bits per heavy atom. The third-order valence-electron chi connectivity index (χ3n) is 4.74. The minimum Gasteiger partial charge on any atom is -0.480 e. The van der Waals surface area contributed by atoms with Crippen molar-refractivity contribution in [3.63, 3.8) is 0 Å². The Balaban J connectivity index is 1.94. The van der Waals surface area contributed by atoms with Gasteiger partial charge >= 0.3 is 12.1 Å². The van der Waals surface area contributed by atoms with Gasteiger partial charge in [0, 0.05) is 10.6 Å². The number of ether oxygens (including phenoxy) is 1. The van der Waals surface area contributed by atoms with E-state index in [1.165, 1.54) is 0 Å². The van der Waals surface area contributed by atoms with Gasteiger partial charge in [0.2, 0.25) is 5.91 Å². The molecule has 2 amide bonds. The Bertz CT molecular complexity index is 936. The maximum atomic E-state index is 12.8. The lowest BCUT2D eigenvalue weighted by Gasteiger charge is -2.22. The second-order valence-corrected chi connectivity index (χ2v) is 9.51. The van der Waals surface area contributed by atoms with Crippen molar-refractivity contribution < 1.29 is 28.4 Å². The van der Waals surface area contributed by atoms with E-state index in [-0.39, 0.29) is 24.7 Å². The monoisotopic (exact) mass is 474 g/mol. The molecule has 0 saturated heterocycles. The number of carboxylic acids is 1. The molecule has 0 radical (unpaired) electrons. The Morgan fingerprint density at radius 1 is 0.939 bits per heavy atom. The third kappa shape index (κ3) is 9.44. The molecule has 0 heterocycles. The lowest BCUT2D eigenvalue weighted by molar-refractivity contribution is -0.142. The van der Waals surface area contributed by atoms with Gasteiger partial charge in [-0.2, -0.15) is 0 Å². The number of carboxylic acid groups (broad SMARTS) is 1. The Kier molecular flexibility index (Phi) is 10.6. The summed E-state index contributed by atoms with van der Waals surface area (Å²) < 4.78 is 17.6. The molecule has 2 rings (SSSR count). The van der Waals surface area contributed by atoms with Gasteiger partial charge in [-0.15, -0.1) is 0 Å². The predicted molar refractivity (Wildman–Crippen MR) is 125 cm³/mol. The van der Waals surface area contributed by atoms with Gasteiger partial charge in [-0.25, -0.2) is 9.59 Å². The number of hydrogen-bond acceptors (Lipinski definition) is 5. The van der Waals surface area contributed by atoms with E-state index in [1.807, 2.05) is 44.2 Å². The highest BCUT2D eigenvalue weighted by Crippen LogP contribution is 2.10. The highest BCUT2D eigenvalue weighted by molar-refractivity contribution is 7.85. The summed E-state index contributed by atoms with van der Waals surface area (Å²) in [5.74, 6) is -1.73. The van der Waals surface area contributed by atoms with Crippen LogP contribution in [0.4, 0.5) is 4.79 Å². The van der Waals surface area contributed by atoms with E-state index >= 15 is 0 Å². The van der Waals surface area contributed by atoms with Gasteiger partial charge in [-0.1, -0.05) is 62.4 Å². The second kappa shape index (κ2) is 13.4. The van der Waals surface area contributed by atoms with Crippen molar-refractivity contribution in [3.8, 4) is 0 Å². The van der Waals surface area contributed by atoms with Crippen LogP contribution in [-0.4, -0.2) is 45.1 Å². The average Bonchev–Trinajstić information content (AvgIpc) is 2.80. The molecule has 8 nitrogen and oxygen atoms in total. The molecule has 178 valence electrons. The molecule has 0 aliphatic heterocycles. The third-order valence-corrected chi connectivity index (χ3v) is 6.15. The van der Waals surface area contributed by atoms with Crippen molar-refractivity contribution in [1.82, 2.24) is 10.6 Å². The number of alkyl carbamates (subject to hydrolysis) is 1. The standard InChI is InChI=1S/C24H30N2O6S/c1-17(2)15-21(26-24(30)32-16-18-9-5-3-6-10-18)22(27)25-20(23(28)29)13-14-33(31)19-11-7-4-8-12-19/h3-12,17,20-21H,13-16H2,1-2H3,(H,25,27)(H,26,30)(H,28,29)/t20-,21+,33-/m1/s1. The number of carbonyl (C=O) groups excluding carboxylic acids is 2. The Morgan fingerprint density at radius 3 is 2.12 bits per heavy atom. The van der Waals surface area contributed by atoms with Gasteiger partial charge in [0.05, 0.1) is 10.8 Å². The van der Waals surface area contributed by atoms with Crippen LogP contribution in [0.3, 0.4) is 0 Å². The first-order valence-electron chi connectivity index (χ1n) is 10.7. The van der Waals surface area contributed by atoms with E-state index in [9.17, 15) is 23.7 Å². The van der Waals surface area contributed by atoms with Crippen LogP contribution in [0.25, 0.3) is 0 Å². The molecule has 3 atom stereocenters. The quantitative estimate of drug-likeness (QED) is 0.435. The number of carbonyl (C=O) groups is 3. The first-order valence-corrected chi connectivity index (χ1v) is 12.0. The summed E-state index contributed by atoms with van der Waals surface area (Å²) >= 11 is 0. The number of hydrogen-bond donors (Lipinski definition) is 3. The van der Waals surface area contributed by atoms with E-state index in [2.05, 4.69) is 10.6 Å². The number of aliphatic carboxylic acids is 1. The summed E-state index contributed by atoms with van der Waals surface area (Å²) in [5.41, 5.74) is 0.801. The fraction of sp³-hybridized carbons (Fsp3) is 0.375. The molecule has 0 fully saturated rings. The normalized spacial score (nSPS) is 13.5. The van der Waals surface area contributed by atoms with Crippen molar-refractivity contribution in [2.75, 3.05) is 5.75 Å². The molecular formula is C24H30N2O6S. The second-order valence-electron chi connectivity index (χ2n) is 7.94. The molecule has 0 spiro atoms. The van der Waals surface area contributed by atoms with E-state index in [0.717, 1.165) is 5.56 Å². The lowest BCUT2D eigenvalue weighted by Crippen LogP contribution is -2.52. The zero-order valence-electron chi connectivity index (χ0n) is 18.7. The molecule has 2 aromatic rings. The van der Waals surface area contributed by atoms with E-state index in [4.69, 9.17) is 4.74 Å². The highest BCUT2D eigenvalue weighted by Gasteiger charge is 2.28. The minimum absolute atomic E-state index is 0.0184. The summed E-state index contributed by atoms with van der Waals surface area (Å²) in [6.07, 6.45) is -0.485. The molecule has 33 heavy (non-hydrogen) atoms. The molecule has 0 bridgehead atoms. The topological polar surface area (TPSA) is 122 Å². The van der Waals surface area contributed by atoms with Gasteiger partial charge in [0.25, 0.3) is 0 Å². The smallest absolute Gasteiger partial charge is 0.408 e. The lowest BCUT2D eigenvalue weighted by atomic mass is 10.0. The van der Waals surface area contributed by atoms with E-state index in [0.29, 0.717) is 11.3 Å². The summed E-state index contributed by atoms with van der Waals surface area (Å²) in [6, 6.07) is 15.6. The van der Waals surface area contributed by atoms with Gasteiger partial charge in [0.15, 0.2) is 0 Å². The number of rotatable bonds is 12. The number of nitrogens with one attached hydrogen (secondary N) is 2. The number of amides is 2. The summed E-state index contributed by atoms with van der Waals surface area (Å²) in [4.78, 5) is 37.3. The minimum atomic E-state index is -1.39. The molecule has 3 N–H and O–H groups in total.